The summed E-state index contributed by atoms with van der Waals surface area (Å²) in [6.45, 7) is 5.65. The SMILES string of the molecule is CC(C)(C)COC(=O)c1ccc(OC(=O)CN2C(=O)c3ccccc3C2=O)cc1. The van der Waals surface area contributed by atoms with Gasteiger partial charge >= 0.3 is 11.9 Å². The van der Waals surface area contributed by atoms with Gasteiger partial charge in [-0.1, -0.05) is 32.9 Å². The van der Waals surface area contributed by atoms with Crippen LogP contribution in [0.5, 0.6) is 5.75 Å². The lowest BCUT2D eigenvalue weighted by Crippen LogP contribution is -2.36. The average Bonchev–Trinajstić information content (AvgIpc) is 2.91. The van der Waals surface area contributed by atoms with Crippen molar-refractivity contribution < 1.29 is 28.7 Å². The van der Waals surface area contributed by atoms with Gasteiger partial charge < -0.3 is 9.47 Å². The van der Waals surface area contributed by atoms with E-state index in [-0.39, 0.29) is 28.9 Å². The van der Waals surface area contributed by atoms with Crippen LogP contribution in [0.4, 0.5) is 0 Å². The number of carbonyl (C=O) groups excluding carboxylic acids is 4. The Balaban J connectivity index is 1.58. The molecule has 1 heterocycles. The van der Waals surface area contributed by atoms with E-state index in [0.717, 1.165) is 4.90 Å². The molecule has 0 bridgehead atoms. The summed E-state index contributed by atoms with van der Waals surface area (Å²) in [5.41, 5.74) is 0.719. The first kappa shape index (κ1) is 20.3. The number of carbonyl (C=O) groups is 4. The van der Waals surface area contributed by atoms with E-state index in [0.29, 0.717) is 5.56 Å². The van der Waals surface area contributed by atoms with Crippen LogP contribution in [0.15, 0.2) is 48.5 Å². The lowest BCUT2D eigenvalue weighted by Gasteiger charge is -2.17. The number of ether oxygens (including phenoxy) is 2. The standard InChI is InChI=1S/C22H21NO6/c1-22(2,3)13-28-21(27)14-8-10-15(11-9-14)29-18(24)12-23-19(25)16-6-4-5-7-17(16)20(23)26/h4-11H,12-13H2,1-3H3. The molecule has 3 rings (SSSR count). The molecule has 0 aliphatic carbocycles. The minimum Gasteiger partial charge on any atom is -0.462 e. The van der Waals surface area contributed by atoms with Crippen molar-refractivity contribution in [2.24, 2.45) is 5.41 Å². The fourth-order valence-corrected chi connectivity index (χ4v) is 2.70. The van der Waals surface area contributed by atoms with Crippen LogP contribution in [0, 0.1) is 5.41 Å². The van der Waals surface area contributed by atoms with E-state index >= 15 is 0 Å². The molecule has 2 aromatic rings. The van der Waals surface area contributed by atoms with Crippen LogP contribution in [0.3, 0.4) is 0 Å². The molecule has 2 amide bonds. The third-order valence-electron chi connectivity index (χ3n) is 4.12. The lowest BCUT2D eigenvalue weighted by atomic mass is 9.99. The molecule has 0 unspecified atom stereocenters. The summed E-state index contributed by atoms with van der Waals surface area (Å²) in [7, 11) is 0. The number of fused-ring (bicyclic) bond motifs is 1. The topological polar surface area (TPSA) is 90.0 Å². The number of hydrogen-bond donors (Lipinski definition) is 0. The zero-order valence-electron chi connectivity index (χ0n) is 16.4. The molecule has 0 aromatic heterocycles. The largest absolute Gasteiger partial charge is 0.462 e. The van der Waals surface area contributed by atoms with Crippen molar-refractivity contribution in [2.75, 3.05) is 13.2 Å². The maximum atomic E-state index is 12.3. The van der Waals surface area contributed by atoms with Crippen molar-refractivity contribution in [3.05, 3.63) is 65.2 Å². The van der Waals surface area contributed by atoms with E-state index in [2.05, 4.69) is 0 Å². The molecule has 0 N–H and O–H groups in total. The highest BCUT2D eigenvalue weighted by molar-refractivity contribution is 6.22. The van der Waals surface area contributed by atoms with E-state index in [1.165, 1.54) is 24.3 Å². The van der Waals surface area contributed by atoms with Crippen LogP contribution < -0.4 is 4.74 Å². The number of benzene rings is 2. The summed E-state index contributed by atoms with van der Waals surface area (Å²) in [6, 6.07) is 12.3. The summed E-state index contributed by atoms with van der Waals surface area (Å²) in [6.07, 6.45) is 0. The average molecular weight is 395 g/mol. The number of nitrogens with zero attached hydrogens (tertiary/aromatic N) is 1. The first-order valence-corrected chi connectivity index (χ1v) is 9.09. The van der Waals surface area contributed by atoms with Crippen molar-refractivity contribution in [1.82, 2.24) is 4.90 Å². The maximum Gasteiger partial charge on any atom is 0.338 e. The van der Waals surface area contributed by atoms with Crippen LogP contribution in [0.25, 0.3) is 0 Å². The van der Waals surface area contributed by atoms with Crippen molar-refractivity contribution in [1.29, 1.82) is 0 Å². The van der Waals surface area contributed by atoms with E-state index in [9.17, 15) is 19.2 Å². The molecule has 7 heteroatoms. The van der Waals surface area contributed by atoms with Crippen LogP contribution in [0.2, 0.25) is 0 Å². The van der Waals surface area contributed by atoms with Crippen LogP contribution in [-0.4, -0.2) is 41.8 Å². The van der Waals surface area contributed by atoms with Crippen LogP contribution in [-0.2, 0) is 9.53 Å². The summed E-state index contributed by atoms with van der Waals surface area (Å²) in [5, 5.41) is 0. The van der Waals surface area contributed by atoms with Crippen molar-refractivity contribution in [3.63, 3.8) is 0 Å². The molecule has 0 fully saturated rings. The van der Waals surface area contributed by atoms with Gasteiger partial charge in [0, 0.05) is 0 Å². The monoisotopic (exact) mass is 395 g/mol. The Morgan fingerprint density at radius 1 is 0.897 bits per heavy atom. The molecule has 0 radical (unpaired) electrons. The van der Waals surface area contributed by atoms with Crippen molar-refractivity contribution >= 4 is 23.8 Å². The van der Waals surface area contributed by atoms with Gasteiger partial charge in [-0.15, -0.1) is 0 Å². The molecule has 2 aromatic carbocycles. The predicted octanol–water partition coefficient (Wildman–Crippen LogP) is 3.09. The molecule has 150 valence electrons. The second-order valence-electron chi connectivity index (χ2n) is 7.88. The molecule has 1 aliphatic rings. The van der Waals surface area contributed by atoms with Gasteiger partial charge in [0.25, 0.3) is 11.8 Å². The van der Waals surface area contributed by atoms with Gasteiger partial charge in [-0.2, -0.15) is 0 Å². The smallest absolute Gasteiger partial charge is 0.338 e. The van der Waals surface area contributed by atoms with Crippen molar-refractivity contribution in [3.8, 4) is 5.75 Å². The van der Waals surface area contributed by atoms with Crippen LogP contribution >= 0.6 is 0 Å². The fourth-order valence-electron chi connectivity index (χ4n) is 2.70. The number of rotatable bonds is 5. The Hall–Kier alpha value is -3.48. The van der Waals surface area contributed by atoms with Gasteiger partial charge in [-0.05, 0) is 41.8 Å². The Morgan fingerprint density at radius 3 is 1.97 bits per heavy atom. The lowest BCUT2D eigenvalue weighted by molar-refractivity contribution is -0.134. The van der Waals surface area contributed by atoms with Crippen LogP contribution in [0.1, 0.15) is 51.8 Å². The van der Waals surface area contributed by atoms with Crippen molar-refractivity contribution in [2.45, 2.75) is 20.8 Å². The van der Waals surface area contributed by atoms with E-state index < -0.39 is 30.3 Å². The number of hydrogen-bond acceptors (Lipinski definition) is 6. The molecule has 0 saturated carbocycles. The molecular formula is C22H21NO6. The van der Waals surface area contributed by atoms with Gasteiger partial charge in [-0.25, -0.2) is 9.59 Å². The van der Waals surface area contributed by atoms with E-state index in [1.54, 1.807) is 24.3 Å². The maximum absolute atomic E-state index is 12.3. The number of imide groups is 1. The van der Waals surface area contributed by atoms with Gasteiger partial charge in [0.1, 0.15) is 12.3 Å². The molecule has 0 saturated heterocycles. The Bertz CT molecular complexity index is 937. The highest BCUT2D eigenvalue weighted by Crippen LogP contribution is 2.22. The molecule has 7 nitrogen and oxygen atoms in total. The zero-order valence-corrected chi connectivity index (χ0v) is 16.4. The third-order valence-corrected chi connectivity index (χ3v) is 4.12. The number of amides is 2. The molecule has 0 atom stereocenters. The molecule has 1 aliphatic heterocycles. The first-order valence-electron chi connectivity index (χ1n) is 9.09. The molecule has 29 heavy (non-hydrogen) atoms. The van der Waals surface area contributed by atoms with Gasteiger partial charge in [0.15, 0.2) is 0 Å². The fraction of sp³-hybridized carbons (Fsp3) is 0.273. The Morgan fingerprint density at radius 2 is 1.45 bits per heavy atom. The minimum atomic E-state index is -0.762. The second kappa shape index (κ2) is 7.87. The Labute approximate surface area is 168 Å². The van der Waals surface area contributed by atoms with E-state index in [1.807, 2.05) is 20.8 Å². The van der Waals surface area contributed by atoms with Gasteiger partial charge in [0.05, 0.1) is 23.3 Å². The Kier molecular flexibility index (Phi) is 5.50. The minimum absolute atomic E-state index is 0.144. The number of esters is 2. The van der Waals surface area contributed by atoms with Gasteiger partial charge in [-0.3, -0.25) is 14.5 Å². The zero-order chi connectivity index (χ0) is 21.2. The highest BCUT2D eigenvalue weighted by atomic mass is 16.5. The first-order chi connectivity index (χ1) is 13.7. The van der Waals surface area contributed by atoms with E-state index in [4.69, 9.17) is 9.47 Å². The summed E-state index contributed by atoms with van der Waals surface area (Å²) < 4.78 is 10.4. The quantitative estimate of drug-likeness (QED) is 0.439. The summed E-state index contributed by atoms with van der Waals surface area (Å²) in [4.78, 5) is 49.6. The summed E-state index contributed by atoms with van der Waals surface area (Å²) >= 11 is 0. The predicted molar refractivity (Wildman–Crippen MR) is 104 cm³/mol. The summed E-state index contributed by atoms with van der Waals surface area (Å²) in [5.74, 6) is -2.09. The van der Waals surface area contributed by atoms with Gasteiger partial charge in [0.2, 0.25) is 0 Å². The highest BCUT2D eigenvalue weighted by Gasteiger charge is 2.36. The molecular weight excluding hydrogens is 374 g/mol. The normalized spacial score (nSPS) is 13.3. The second-order valence-corrected chi connectivity index (χ2v) is 7.88. The third kappa shape index (κ3) is 4.68. The molecule has 0 spiro atoms.